The molecule has 0 amide bonds. The highest BCUT2D eigenvalue weighted by molar-refractivity contribution is 7.26. The van der Waals surface area contributed by atoms with Crippen molar-refractivity contribution in [1.82, 2.24) is 14.5 Å². The molecule has 0 aliphatic heterocycles. The van der Waals surface area contributed by atoms with Crippen molar-refractivity contribution in [1.29, 1.82) is 0 Å². The molecular formula is C50H27N3S. The maximum Gasteiger partial charge on any atom is 0.235 e. The molecule has 10 aromatic carbocycles. The number of rotatable bonds is 3. The molecule has 13 aromatic rings. The minimum Gasteiger partial charge on any atom is -0.278 e. The molecule has 54 heavy (non-hydrogen) atoms. The number of nitrogens with zero attached hydrogens (tertiary/aromatic N) is 3. The fourth-order valence-corrected chi connectivity index (χ4v) is 10.6. The Morgan fingerprint density at radius 1 is 0.370 bits per heavy atom. The Labute approximate surface area is 312 Å². The van der Waals surface area contributed by atoms with Crippen molar-refractivity contribution in [3.05, 3.63) is 164 Å². The van der Waals surface area contributed by atoms with Crippen LogP contribution in [0.1, 0.15) is 0 Å². The van der Waals surface area contributed by atoms with Gasteiger partial charge in [0.1, 0.15) is 0 Å². The van der Waals surface area contributed by atoms with Crippen LogP contribution in [0, 0.1) is 0 Å². The third-order valence-electron chi connectivity index (χ3n) is 11.7. The van der Waals surface area contributed by atoms with Crippen LogP contribution in [-0.4, -0.2) is 14.5 Å². The molecule has 248 valence electrons. The molecule has 0 spiro atoms. The van der Waals surface area contributed by atoms with Crippen LogP contribution in [0.2, 0.25) is 0 Å². The van der Waals surface area contributed by atoms with E-state index in [1.807, 2.05) is 0 Å². The van der Waals surface area contributed by atoms with Gasteiger partial charge in [0.05, 0.1) is 26.9 Å². The van der Waals surface area contributed by atoms with Gasteiger partial charge in [-0.3, -0.25) is 4.57 Å². The van der Waals surface area contributed by atoms with Crippen LogP contribution in [0.3, 0.4) is 0 Å². The van der Waals surface area contributed by atoms with Crippen LogP contribution in [0.5, 0.6) is 0 Å². The van der Waals surface area contributed by atoms with Gasteiger partial charge in [-0.25, -0.2) is 9.97 Å². The number of fused-ring (bicyclic) bond motifs is 9. The van der Waals surface area contributed by atoms with Crippen molar-refractivity contribution in [2.45, 2.75) is 0 Å². The lowest BCUT2D eigenvalue weighted by molar-refractivity contribution is 1.02. The first kappa shape index (κ1) is 28.7. The first-order valence-electron chi connectivity index (χ1n) is 18.4. The molecule has 3 nitrogen and oxygen atoms in total. The van der Waals surface area contributed by atoms with Crippen LogP contribution < -0.4 is 0 Å². The molecule has 3 heterocycles. The predicted molar refractivity (Wildman–Crippen MR) is 230 cm³/mol. The monoisotopic (exact) mass is 701 g/mol. The molecule has 0 bridgehead atoms. The van der Waals surface area contributed by atoms with Gasteiger partial charge in [-0.15, -0.1) is 11.3 Å². The van der Waals surface area contributed by atoms with E-state index in [1.165, 1.54) is 80.5 Å². The van der Waals surface area contributed by atoms with Crippen LogP contribution in [0.15, 0.2) is 164 Å². The fourth-order valence-electron chi connectivity index (χ4n) is 9.46. The Kier molecular flexibility index (Phi) is 5.51. The topological polar surface area (TPSA) is 30.7 Å². The Morgan fingerprint density at radius 3 is 1.74 bits per heavy atom. The van der Waals surface area contributed by atoms with Crippen LogP contribution in [0.4, 0.5) is 0 Å². The first-order valence-corrected chi connectivity index (χ1v) is 19.2. The zero-order chi connectivity index (χ0) is 35.1. The Hall–Kier alpha value is -6.88. The van der Waals surface area contributed by atoms with Gasteiger partial charge >= 0.3 is 0 Å². The fraction of sp³-hybridized carbons (Fsp3) is 0. The predicted octanol–water partition coefficient (Wildman–Crippen LogP) is 13.9. The summed E-state index contributed by atoms with van der Waals surface area (Å²) in [4.78, 5) is 11.2. The summed E-state index contributed by atoms with van der Waals surface area (Å²) in [6.07, 6.45) is 0. The van der Waals surface area contributed by atoms with E-state index in [2.05, 4.69) is 168 Å². The molecule has 0 saturated heterocycles. The first-order chi connectivity index (χ1) is 26.8. The SMILES string of the molecule is c1ccc(-c2cccc(-c3nc(-n4c5cccc6c7ccccc7c7ccc8c9ccccc9c9cc4c(c7c89)c65)nc4c3sc3ccccc34)c2)cc1. The highest BCUT2D eigenvalue weighted by atomic mass is 32.1. The average Bonchev–Trinajstić information content (AvgIpc) is 3.86. The maximum absolute atomic E-state index is 5.61. The van der Waals surface area contributed by atoms with Crippen molar-refractivity contribution in [3.8, 4) is 28.3 Å². The summed E-state index contributed by atoms with van der Waals surface area (Å²) >= 11 is 1.78. The van der Waals surface area contributed by atoms with E-state index in [1.54, 1.807) is 11.3 Å². The zero-order valence-corrected chi connectivity index (χ0v) is 29.7. The van der Waals surface area contributed by atoms with Crippen molar-refractivity contribution in [3.63, 3.8) is 0 Å². The van der Waals surface area contributed by atoms with Crippen molar-refractivity contribution in [2.75, 3.05) is 0 Å². The van der Waals surface area contributed by atoms with Crippen molar-refractivity contribution >= 4 is 107 Å². The summed E-state index contributed by atoms with van der Waals surface area (Å²) in [5.41, 5.74) is 7.63. The second-order valence-corrected chi connectivity index (χ2v) is 15.5. The lowest BCUT2D eigenvalue weighted by Crippen LogP contribution is -2.03. The molecule has 0 atom stereocenters. The summed E-state index contributed by atoms with van der Waals surface area (Å²) < 4.78 is 4.67. The zero-order valence-electron chi connectivity index (χ0n) is 28.8. The molecule has 0 N–H and O–H groups in total. The number of aromatic nitrogens is 3. The van der Waals surface area contributed by atoms with Gasteiger partial charge in [-0.1, -0.05) is 140 Å². The Morgan fingerprint density at radius 2 is 0.963 bits per heavy atom. The maximum atomic E-state index is 5.61. The smallest absolute Gasteiger partial charge is 0.235 e. The summed E-state index contributed by atoms with van der Waals surface area (Å²) in [7, 11) is 0. The lowest BCUT2D eigenvalue weighted by atomic mass is 9.97. The van der Waals surface area contributed by atoms with Crippen LogP contribution in [-0.2, 0) is 0 Å². The van der Waals surface area contributed by atoms with E-state index >= 15 is 0 Å². The van der Waals surface area contributed by atoms with Gasteiger partial charge in [-0.05, 0) is 83.9 Å². The van der Waals surface area contributed by atoms with E-state index in [-0.39, 0.29) is 0 Å². The summed E-state index contributed by atoms with van der Waals surface area (Å²) in [5.74, 6) is 0.688. The largest absolute Gasteiger partial charge is 0.278 e. The third-order valence-corrected chi connectivity index (χ3v) is 12.9. The lowest BCUT2D eigenvalue weighted by Gasteiger charge is -2.12. The second-order valence-electron chi connectivity index (χ2n) is 14.5. The van der Waals surface area contributed by atoms with Gasteiger partial charge in [0.2, 0.25) is 5.95 Å². The molecule has 0 saturated carbocycles. The van der Waals surface area contributed by atoms with Gasteiger partial charge < -0.3 is 0 Å². The Bertz CT molecular complexity index is 3670. The summed E-state index contributed by atoms with van der Waals surface area (Å²) in [5, 5.41) is 16.5. The molecule has 0 unspecified atom stereocenters. The van der Waals surface area contributed by atoms with E-state index < -0.39 is 0 Å². The highest BCUT2D eigenvalue weighted by Gasteiger charge is 2.26. The third kappa shape index (κ3) is 3.65. The normalized spacial score (nSPS) is 12.4. The average molecular weight is 702 g/mol. The quantitative estimate of drug-likeness (QED) is 0.184. The molecule has 0 aliphatic rings. The molecule has 3 aromatic heterocycles. The van der Waals surface area contributed by atoms with Crippen LogP contribution in [0.25, 0.3) is 124 Å². The minimum absolute atomic E-state index is 0.688. The molecule has 13 rings (SSSR count). The van der Waals surface area contributed by atoms with Gasteiger partial charge in [0.15, 0.2) is 0 Å². The number of benzene rings is 8. The van der Waals surface area contributed by atoms with Crippen molar-refractivity contribution in [2.24, 2.45) is 0 Å². The van der Waals surface area contributed by atoms with E-state index in [0.29, 0.717) is 5.95 Å². The molecule has 0 fully saturated rings. The Balaban J connectivity index is 1.24. The van der Waals surface area contributed by atoms with Gasteiger partial charge in [0.25, 0.3) is 0 Å². The number of thiophene rings is 1. The molecule has 0 aliphatic carbocycles. The molecule has 4 heteroatoms. The van der Waals surface area contributed by atoms with Gasteiger partial charge in [-0.2, -0.15) is 0 Å². The summed E-state index contributed by atoms with van der Waals surface area (Å²) in [6.45, 7) is 0. The van der Waals surface area contributed by atoms with E-state index in [4.69, 9.17) is 9.97 Å². The van der Waals surface area contributed by atoms with E-state index in [9.17, 15) is 0 Å². The van der Waals surface area contributed by atoms with E-state index in [0.717, 1.165) is 37.9 Å². The minimum atomic E-state index is 0.688. The highest BCUT2D eigenvalue weighted by Crippen LogP contribution is 2.50. The number of hydrogen-bond donors (Lipinski definition) is 0. The standard InChI is InChI=1S/C50H27N3S/c1-2-12-28(13-3-1)29-14-10-15-30(26-29)47-49-48(38-20-8-9-23-42(38)54-49)52-50(51-47)53-40-22-11-21-35-31-16-4-5-17-32(31)37-25-24-36-33-18-6-7-19-34(33)39-27-41(53)46(44(35)40)45(37)43(36)39/h1-27H. The van der Waals surface area contributed by atoms with Gasteiger partial charge in [0, 0.05) is 31.8 Å². The molecular weight excluding hydrogens is 675 g/mol. The second kappa shape index (κ2) is 10.4. The van der Waals surface area contributed by atoms with Crippen molar-refractivity contribution < 1.29 is 0 Å². The molecule has 0 radical (unpaired) electrons. The van der Waals surface area contributed by atoms with Crippen LogP contribution >= 0.6 is 11.3 Å². The number of hydrogen-bond acceptors (Lipinski definition) is 3. The summed E-state index contributed by atoms with van der Waals surface area (Å²) in [6, 6.07) is 59.7.